The molecule has 1 aromatic carbocycles. The van der Waals surface area contributed by atoms with Crippen LogP contribution in [0.2, 0.25) is 0 Å². The number of halogens is 1. The summed E-state index contributed by atoms with van der Waals surface area (Å²) < 4.78 is 3.12. The van der Waals surface area contributed by atoms with E-state index >= 15 is 0 Å². The summed E-state index contributed by atoms with van der Waals surface area (Å²) in [5.41, 5.74) is 4.77. The number of benzene rings is 1. The van der Waals surface area contributed by atoms with Crippen molar-refractivity contribution in [2.75, 3.05) is 11.9 Å². The Bertz CT molecular complexity index is 792. The van der Waals surface area contributed by atoms with Crippen molar-refractivity contribution in [3.05, 3.63) is 51.1 Å². The summed E-state index contributed by atoms with van der Waals surface area (Å²) in [6.07, 6.45) is 3.50. The van der Waals surface area contributed by atoms with E-state index in [0.29, 0.717) is 0 Å². The molecule has 0 unspecified atom stereocenters. The molecule has 1 N–H and O–H groups in total. The van der Waals surface area contributed by atoms with E-state index in [1.54, 1.807) is 11.3 Å². The maximum atomic E-state index is 4.93. The Kier molecular flexibility index (Phi) is 3.76. The number of hydrogen-bond donors (Lipinski definition) is 1. The lowest BCUT2D eigenvalue weighted by Crippen LogP contribution is -2.07. The third kappa shape index (κ3) is 2.48. The van der Waals surface area contributed by atoms with Crippen molar-refractivity contribution in [1.29, 1.82) is 0 Å². The average molecular weight is 374 g/mol. The Balaban J connectivity index is 1.92. The molecule has 1 aliphatic heterocycles. The highest BCUT2D eigenvalue weighted by molar-refractivity contribution is 9.10. The second-order valence-electron chi connectivity index (χ2n) is 5.46. The van der Waals surface area contributed by atoms with E-state index in [9.17, 15) is 0 Å². The van der Waals surface area contributed by atoms with Gasteiger partial charge in [0.05, 0.1) is 11.4 Å². The Morgan fingerprint density at radius 1 is 1.23 bits per heavy atom. The molecule has 3 nitrogen and oxygen atoms in total. The molecule has 0 spiro atoms. The second-order valence-corrected chi connectivity index (χ2v) is 7.16. The van der Waals surface area contributed by atoms with Crippen LogP contribution in [-0.2, 0) is 6.42 Å². The van der Waals surface area contributed by atoms with Gasteiger partial charge < -0.3 is 5.32 Å². The van der Waals surface area contributed by atoms with Gasteiger partial charge in [-0.05, 0) is 48.9 Å². The summed E-state index contributed by atoms with van der Waals surface area (Å²) in [5, 5.41) is 12.8. The number of hydrogen-bond acceptors (Lipinski definition) is 3. The highest BCUT2D eigenvalue weighted by Gasteiger charge is 2.21. The van der Waals surface area contributed by atoms with Crippen molar-refractivity contribution in [3.63, 3.8) is 0 Å². The van der Waals surface area contributed by atoms with Gasteiger partial charge >= 0.3 is 0 Å². The van der Waals surface area contributed by atoms with Gasteiger partial charge in [-0.15, -0.1) is 0 Å². The summed E-state index contributed by atoms with van der Waals surface area (Å²) in [6, 6.07) is 10.5. The summed E-state index contributed by atoms with van der Waals surface area (Å²) in [7, 11) is 0. The van der Waals surface area contributed by atoms with Crippen molar-refractivity contribution in [3.8, 4) is 16.9 Å². The first-order chi connectivity index (χ1) is 10.8. The van der Waals surface area contributed by atoms with E-state index in [4.69, 9.17) is 5.10 Å². The van der Waals surface area contributed by atoms with E-state index < -0.39 is 0 Å². The molecule has 0 amide bonds. The van der Waals surface area contributed by atoms with Crippen LogP contribution in [0.15, 0.2) is 45.6 Å². The van der Waals surface area contributed by atoms with E-state index in [1.165, 1.54) is 24.0 Å². The van der Waals surface area contributed by atoms with Gasteiger partial charge in [-0.2, -0.15) is 16.4 Å². The van der Waals surface area contributed by atoms with Crippen LogP contribution in [-0.4, -0.2) is 16.3 Å². The summed E-state index contributed by atoms with van der Waals surface area (Å²) >= 11 is 5.28. The largest absolute Gasteiger partial charge is 0.370 e. The van der Waals surface area contributed by atoms with Gasteiger partial charge in [-0.1, -0.05) is 22.0 Å². The molecular formula is C17H16BrN3S. The third-order valence-corrected chi connectivity index (χ3v) is 5.15. The van der Waals surface area contributed by atoms with Crippen molar-refractivity contribution in [2.24, 2.45) is 0 Å². The summed E-state index contributed by atoms with van der Waals surface area (Å²) in [6.45, 7) is 1.01. The minimum atomic E-state index is 1.01. The van der Waals surface area contributed by atoms with Gasteiger partial charge in [-0.25, -0.2) is 4.68 Å². The maximum Gasteiger partial charge on any atom is 0.133 e. The number of nitrogens with one attached hydrogen (secondary N) is 1. The van der Waals surface area contributed by atoms with Crippen molar-refractivity contribution in [2.45, 2.75) is 19.3 Å². The highest BCUT2D eigenvalue weighted by Crippen LogP contribution is 2.35. The SMILES string of the molecule is Brc1cccc(-n2nc(-c3ccsc3)c3c2NCCCC3)c1. The molecule has 1 aliphatic rings. The maximum absolute atomic E-state index is 4.93. The number of fused-ring (bicyclic) bond motifs is 1. The minimum absolute atomic E-state index is 1.01. The molecule has 0 bridgehead atoms. The molecule has 2 aromatic heterocycles. The highest BCUT2D eigenvalue weighted by atomic mass is 79.9. The van der Waals surface area contributed by atoms with Gasteiger partial charge in [0, 0.05) is 27.5 Å². The van der Waals surface area contributed by atoms with Crippen LogP contribution in [0.25, 0.3) is 16.9 Å². The van der Waals surface area contributed by atoms with Crippen LogP contribution < -0.4 is 5.32 Å². The minimum Gasteiger partial charge on any atom is -0.370 e. The van der Waals surface area contributed by atoms with Crippen molar-refractivity contribution in [1.82, 2.24) is 9.78 Å². The van der Waals surface area contributed by atoms with Gasteiger partial charge in [0.1, 0.15) is 5.82 Å². The lowest BCUT2D eigenvalue weighted by atomic mass is 10.1. The first kappa shape index (κ1) is 14.0. The molecule has 0 radical (unpaired) electrons. The fourth-order valence-electron chi connectivity index (χ4n) is 2.93. The Morgan fingerprint density at radius 2 is 2.18 bits per heavy atom. The zero-order valence-electron chi connectivity index (χ0n) is 12.1. The number of thiophene rings is 1. The molecule has 112 valence electrons. The molecular weight excluding hydrogens is 358 g/mol. The standard InChI is InChI=1S/C17H16BrN3S/c18-13-4-3-5-14(10-13)21-17-15(6-1-2-8-19-17)16(20-21)12-7-9-22-11-12/h3-5,7,9-11,19H,1-2,6,8H2. The Morgan fingerprint density at radius 3 is 3.00 bits per heavy atom. The van der Waals surface area contributed by atoms with Crippen LogP contribution >= 0.6 is 27.3 Å². The molecule has 0 saturated heterocycles. The Labute approximate surface area is 142 Å². The van der Waals surface area contributed by atoms with Crippen LogP contribution in [0.4, 0.5) is 5.82 Å². The van der Waals surface area contributed by atoms with E-state index in [0.717, 1.165) is 34.6 Å². The quantitative estimate of drug-likeness (QED) is 0.676. The smallest absolute Gasteiger partial charge is 0.133 e. The van der Waals surface area contributed by atoms with Crippen LogP contribution in [0.3, 0.4) is 0 Å². The fourth-order valence-corrected chi connectivity index (χ4v) is 3.96. The van der Waals surface area contributed by atoms with E-state index in [2.05, 4.69) is 61.0 Å². The number of aromatic nitrogens is 2. The monoisotopic (exact) mass is 373 g/mol. The predicted molar refractivity (Wildman–Crippen MR) is 96.0 cm³/mol. The predicted octanol–water partition coefficient (Wildman–Crippen LogP) is 5.11. The molecule has 0 aliphatic carbocycles. The molecule has 0 fully saturated rings. The van der Waals surface area contributed by atoms with Gasteiger partial charge in [-0.3, -0.25) is 0 Å². The molecule has 4 rings (SSSR count). The number of nitrogens with zero attached hydrogens (tertiary/aromatic N) is 2. The molecule has 5 heteroatoms. The zero-order chi connectivity index (χ0) is 14.9. The lowest BCUT2D eigenvalue weighted by molar-refractivity contribution is 0.780. The Hall–Kier alpha value is -1.59. The third-order valence-electron chi connectivity index (χ3n) is 3.98. The molecule has 22 heavy (non-hydrogen) atoms. The molecule has 3 aromatic rings. The summed E-state index contributed by atoms with van der Waals surface area (Å²) in [4.78, 5) is 0. The van der Waals surface area contributed by atoms with E-state index in [-0.39, 0.29) is 0 Å². The topological polar surface area (TPSA) is 29.9 Å². The first-order valence-electron chi connectivity index (χ1n) is 7.47. The van der Waals surface area contributed by atoms with Crippen LogP contribution in [0.5, 0.6) is 0 Å². The van der Waals surface area contributed by atoms with Crippen molar-refractivity contribution >= 4 is 33.1 Å². The normalized spacial score (nSPS) is 14.2. The van der Waals surface area contributed by atoms with Crippen LogP contribution in [0, 0.1) is 0 Å². The number of anilines is 1. The lowest BCUT2D eigenvalue weighted by Gasteiger charge is -2.09. The average Bonchev–Trinajstić information content (AvgIpc) is 3.09. The molecule has 0 atom stereocenters. The van der Waals surface area contributed by atoms with Crippen molar-refractivity contribution < 1.29 is 0 Å². The number of rotatable bonds is 2. The molecule has 3 heterocycles. The molecule has 0 saturated carbocycles. The summed E-state index contributed by atoms with van der Waals surface area (Å²) in [5.74, 6) is 1.15. The van der Waals surface area contributed by atoms with Gasteiger partial charge in [0.15, 0.2) is 0 Å². The van der Waals surface area contributed by atoms with Crippen LogP contribution in [0.1, 0.15) is 18.4 Å². The van der Waals surface area contributed by atoms with Gasteiger partial charge in [0.25, 0.3) is 0 Å². The zero-order valence-corrected chi connectivity index (χ0v) is 14.5. The van der Waals surface area contributed by atoms with Gasteiger partial charge in [0.2, 0.25) is 0 Å². The van der Waals surface area contributed by atoms with E-state index in [1.807, 2.05) is 6.07 Å². The second kappa shape index (κ2) is 5.89. The fraction of sp³-hybridized carbons (Fsp3) is 0.235. The first-order valence-corrected chi connectivity index (χ1v) is 9.21.